The van der Waals surface area contributed by atoms with Crippen molar-refractivity contribution < 1.29 is 9.59 Å². The highest BCUT2D eigenvalue weighted by atomic mass is 16.2. The number of hydrogen-bond donors (Lipinski definition) is 1. The Hall–Kier alpha value is -1.84. The van der Waals surface area contributed by atoms with Gasteiger partial charge in [0.2, 0.25) is 11.8 Å². The van der Waals surface area contributed by atoms with Crippen LogP contribution in [0, 0.1) is 0 Å². The Morgan fingerprint density at radius 1 is 1.44 bits per heavy atom. The predicted molar refractivity (Wildman–Crippen MR) is 69.8 cm³/mol. The first-order valence-corrected chi connectivity index (χ1v) is 6.33. The molecule has 2 aliphatic rings. The van der Waals surface area contributed by atoms with Gasteiger partial charge in [0.05, 0.1) is 11.6 Å². The lowest BCUT2D eigenvalue weighted by Gasteiger charge is -2.26. The normalized spacial score (nSPS) is 20.9. The van der Waals surface area contributed by atoms with E-state index in [4.69, 9.17) is 0 Å². The van der Waals surface area contributed by atoms with Gasteiger partial charge in [-0.05, 0) is 43.0 Å². The van der Waals surface area contributed by atoms with Crippen LogP contribution >= 0.6 is 0 Å². The molecule has 2 heterocycles. The summed E-state index contributed by atoms with van der Waals surface area (Å²) >= 11 is 0. The molecule has 18 heavy (non-hydrogen) atoms. The van der Waals surface area contributed by atoms with Crippen LogP contribution in [0.2, 0.25) is 0 Å². The van der Waals surface area contributed by atoms with Gasteiger partial charge >= 0.3 is 0 Å². The second-order valence-corrected chi connectivity index (χ2v) is 5.07. The number of rotatable bonds is 1. The molecule has 2 aliphatic heterocycles. The summed E-state index contributed by atoms with van der Waals surface area (Å²) in [6, 6.07) is 3.94. The third-order valence-electron chi connectivity index (χ3n) is 3.74. The number of nitrogens with zero attached hydrogens (tertiary/aromatic N) is 1. The van der Waals surface area contributed by atoms with Gasteiger partial charge in [-0.25, -0.2) is 0 Å². The first-order chi connectivity index (χ1) is 8.58. The molecule has 3 rings (SSSR count). The molecule has 94 valence electrons. The lowest BCUT2D eigenvalue weighted by atomic mass is 9.96. The maximum Gasteiger partial charge on any atom is 0.234 e. The number of carbonyl (C=O) groups is 2. The zero-order valence-electron chi connectivity index (χ0n) is 10.6. The lowest BCUT2D eigenvalue weighted by Crippen LogP contribution is -2.32. The number of carbonyl (C=O) groups excluding carboxylic acids is 2. The highest BCUT2D eigenvalue weighted by molar-refractivity contribution is 6.06. The van der Waals surface area contributed by atoms with E-state index in [1.807, 2.05) is 24.0 Å². The zero-order chi connectivity index (χ0) is 12.9. The standard InChI is InChI=1S/C14H16N2O2/c1-8-12-7-11(15-9(2)17)6-10-4-3-5-16(13(10)12)14(8)18/h6-8H,3-5H2,1-2H3,(H,15,17)/t8-/m0/s1. The number of nitrogens with one attached hydrogen (secondary N) is 1. The maximum absolute atomic E-state index is 12.2. The quantitative estimate of drug-likeness (QED) is 0.821. The SMILES string of the molecule is CC(=O)Nc1cc2c3c(c1)[C@H](C)C(=O)N3CCC2. The minimum atomic E-state index is -0.0921. The molecule has 0 saturated heterocycles. The molecule has 0 aromatic heterocycles. The number of anilines is 2. The smallest absolute Gasteiger partial charge is 0.234 e. The summed E-state index contributed by atoms with van der Waals surface area (Å²) in [4.78, 5) is 25.2. The van der Waals surface area contributed by atoms with Crippen molar-refractivity contribution in [2.45, 2.75) is 32.6 Å². The second-order valence-electron chi connectivity index (χ2n) is 5.07. The number of amides is 2. The summed E-state index contributed by atoms with van der Waals surface area (Å²) in [5.74, 6) is 0.0169. The van der Waals surface area contributed by atoms with Crippen molar-refractivity contribution in [1.82, 2.24) is 0 Å². The summed E-state index contributed by atoms with van der Waals surface area (Å²) < 4.78 is 0. The molecule has 0 aliphatic carbocycles. The molecule has 1 atom stereocenters. The fraction of sp³-hybridized carbons (Fsp3) is 0.429. The van der Waals surface area contributed by atoms with E-state index >= 15 is 0 Å². The monoisotopic (exact) mass is 244 g/mol. The average molecular weight is 244 g/mol. The average Bonchev–Trinajstić information content (AvgIpc) is 2.56. The van der Waals surface area contributed by atoms with E-state index in [0.29, 0.717) is 0 Å². The molecule has 0 saturated carbocycles. The van der Waals surface area contributed by atoms with E-state index in [9.17, 15) is 9.59 Å². The van der Waals surface area contributed by atoms with E-state index in [2.05, 4.69) is 5.32 Å². The maximum atomic E-state index is 12.2. The minimum absolute atomic E-state index is 0.0770. The molecule has 4 heteroatoms. The Bertz CT molecular complexity index is 551. The minimum Gasteiger partial charge on any atom is -0.326 e. The van der Waals surface area contributed by atoms with Crippen molar-refractivity contribution in [2.24, 2.45) is 0 Å². The first kappa shape index (κ1) is 11.3. The summed E-state index contributed by atoms with van der Waals surface area (Å²) in [7, 11) is 0. The highest BCUT2D eigenvalue weighted by Gasteiger charge is 2.37. The van der Waals surface area contributed by atoms with Crippen LogP contribution in [0.1, 0.15) is 37.3 Å². The number of benzene rings is 1. The second kappa shape index (κ2) is 3.83. The van der Waals surface area contributed by atoms with Crippen molar-refractivity contribution >= 4 is 23.2 Å². The molecular weight excluding hydrogens is 228 g/mol. The molecule has 0 fully saturated rings. The van der Waals surface area contributed by atoms with Crippen LogP contribution < -0.4 is 10.2 Å². The van der Waals surface area contributed by atoms with Crippen molar-refractivity contribution in [3.05, 3.63) is 23.3 Å². The van der Waals surface area contributed by atoms with Crippen molar-refractivity contribution in [3.8, 4) is 0 Å². The van der Waals surface area contributed by atoms with E-state index in [1.165, 1.54) is 12.5 Å². The Labute approximate surface area is 106 Å². The predicted octanol–water partition coefficient (Wildman–Crippen LogP) is 2.04. The van der Waals surface area contributed by atoms with Gasteiger partial charge in [0, 0.05) is 19.2 Å². The van der Waals surface area contributed by atoms with Crippen LogP contribution in [0.4, 0.5) is 11.4 Å². The summed E-state index contributed by atoms with van der Waals surface area (Å²) in [6.45, 7) is 4.26. The van der Waals surface area contributed by atoms with Crippen LogP contribution in [0.25, 0.3) is 0 Å². The van der Waals surface area contributed by atoms with Gasteiger partial charge in [0.15, 0.2) is 0 Å². The van der Waals surface area contributed by atoms with E-state index in [-0.39, 0.29) is 17.7 Å². The Balaban J connectivity index is 2.13. The van der Waals surface area contributed by atoms with E-state index in [1.54, 1.807) is 0 Å². The third kappa shape index (κ3) is 1.52. The molecule has 0 spiro atoms. The van der Waals surface area contributed by atoms with Gasteiger partial charge in [0.25, 0.3) is 0 Å². The van der Waals surface area contributed by atoms with Gasteiger partial charge in [-0.1, -0.05) is 0 Å². The Morgan fingerprint density at radius 2 is 2.22 bits per heavy atom. The van der Waals surface area contributed by atoms with Crippen molar-refractivity contribution in [3.63, 3.8) is 0 Å². The highest BCUT2D eigenvalue weighted by Crippen LogP contribution is 2.44. The van der Waals surface area contributed by atoms with Gasteiger partial charge in [-0.3, -0.25) is 9.59 Å². The fourth-order valence-corrected chi connectivity index (χ4v) is 2.97. The topological polar surface area (TPSA) is 49.4 Å². The van der Waals surface area contributed by atoms with Crippen LogP contribution in [0.15, 0.2) is 12.1 Å². The van der Waals surface area contributed by atoms with E-state index in [0.717, 1.165) is 36.3 Å². The third-order valence-corrected chi connectivity index (χ3v) is 3.74. The van der Waals surface area contributed by atoms with Gasteiger partial charge in [-0.2, -0.15) is 0 Å². The number of aryl methyl sites for hydroxylation is 1. The molecule has 0 radical (unpaired) electrons. The lowest BCUT2D eigenvalue weighted by molar-refractivity contribution is -0.119. The first-order valence-electron chi connectivity index (χ1n) is 6.33. The summed E-state index contributed by atoms with van der Waals surface area (Å²) in [6.07, 6.45) is 1.97. The molecule has 4 nitrogen and oxygen atoms in total. The van der Waals surface area contributed by atoms with Gasteiger partial charge in [-0.15, -0.1) is 0 Å². The van der Waals surface area contributed by atoms with Crippen LogP contribution in [0.5, 0.6) is 0 Å². The van der Waals surface area contributed by atoms with E-state index < -0.39 is 0 Å². The number of hydrogen-bond acceptors (Lipinski definition) is 2. The molecule has 1 N–H and O–H groups in total. The summed E-state index contributed by atoms with van der Waals surface area (Å²) in [5, 5.41) is 2.81. The van der Waals surface area contributed by atoms with Gasteiger partial charge in [0.1, 0.15) is 0 Å². The Kier molecular flexibility index (Phi) is 2.40. The Morgan fingerprint density at radius 3 is 2.94 bits per heavy atom. The van der Waals surface area contributed by atoms with Crippen LogP contribution in [-0.4, -0.2) is 18.4 Å². The molecule has 1 aromatic rings. The van der Waals surface area contributed by atoms with Gasteiger partial charge < -0.3 is 10.2 Å². The van der Waals surface area contributed by atoms with Crippen LogP contribution in [-0.2, 0) is 16.0 Å². The molecule has 0 bridgehead atoms. The van der Waals surface area contributed by atoms with Crippen LogP contribution in [0.3, 0.4) is 0 Å². The molecule has 0 unspecified atom stereocenters. The molecule has 2 amide bonds. The van der Waals surface area contributed by atoms with Crippen molar-refractivity contribution in [1.29, 1.82) is 0 Å². The fourth-order valence-electron chi connectivity index (χ4n) is 2.97. The summed E-state index contributed by atoms with van der Waals surface area (Å²) in [5.41, 5.74) is 4.13. The van der Waals surface area contributed by atoms with Crippen molar-refractivity contribution in [2.75, 3.05) is 16.8 Å². The molecular formula is C14H16N2O2. The largest absolute Gasteiger partial charge is 0.326 e. The zero-order valence-corrected chi connectivity index (χ0v) is 10.6. The molecule has 1 aromatic carbocycles.